The molecule has 1 N–H and O–H groups in total. The molecule has 7 heteroatoms. The van der Waals surface area contributed by atoms with Crippen molar-refractivity contribution in [3.8, 4) is 17.2 Å². The average Bonchev–Trinajstić information content (AvgIpc) is 3.09. The molecule has 6 nitrogen and oxygen atoms in total. The van der Waals surface area contributed by atoms with Gasteiger partial charge < -0.3 is 19.5 Å². The summed E-state index contributed by atoms with van der Waals surface area (Å²) in [7, 11) is 0. The minimum Gasteiger partial charge on any atom is -0.454 e. The van der Waals surface area contributed by atoms with Crippen molar-refractivity contribution < 1.29 is 23.8 Å². The smallest absolute Gasteiger partial charge is 0.324 e. The first-order valence-electron chi connectivity index (χ1n) is 8.11. The zero-order valence-corrected chi connectivity index (χ0v) is 15.3. The van der Waals surface area contributed by atoms with Gasteiger partial charge >= 0.3 is 5.97 Å². The Morgan fingerprint density at radius 3 is 2.65 bits per heavy atom. The van der Waals surface area contributed by atoms with Crippen LogP contribution in [-0.2, 0) is 9.59 Å². The SMILES string of the molecule is Cc1ccc(NC(=O)CS[C@H](C)C(=O)Oc2ccc3c(c2)OCO3)cc1. The van der Waals surface area contributed by atoms with E-state index < -0.39 is 11.2 Å². The number of thioether (sulfide) groups is 1. The average molecular weight is 373 g/mol. The minimum absolute atomic E-state index is 0.158. The third-order valence-electron chi connectivity index (χ3n) is 3.69. The van der Waals surface area contributed by atoms with E-state index in [9.17, 15) is 9.59 Å². The van der Waals surface area contributed by atoms with Crippen LogP contribution in [0.1, 0.15) is 12.5 Å². The molecular weight excluding hydrogens is 354 g/mol. The van der Waals surface area contributed by atoms with Crippen LogP contribution in [-0.4, -0.2) is 29.7 Å². The van der Waals surface area contributed by atoms with Crippen LogP contribution in [0.15, 0.2) is 42.5 Å². The predicted octanol–water partition coefficient (Wildman–Crippen LogP) is 3.39. The van der Waals surface area contributed by atoms with Crippen molar-refractivity contribution >= 4 is 29.3 Å². The normalized spacial score (nSPS) is 13.2. The minimum atomic E-state index is -0.482. The first-order valence-corrected chi connectivity index (χ1v) is 9.15. The molecule has 0 saturated carbocycles. The number of amides is 1. The highest BCUT2D eigenvalue weighted by Crippen LogP contribution is 2.35. The maximum atomic E-state index is 12.2. The fourth-order valence-electron chi connectivity index (χ4n) is 2.24. The third kappa shape index (κ3) is 4.70. The summed E-state index contributed by atoms with van der Waals surface area (Å²) in [5.41, 5.74) is 1.86. The Morgan fingerprint density at radius 2 is 1.88 bits per heavy atom. The highest BCUT2D eigenvalue weighted by atomic mass is 32.2. The number of carbonyl (C=O) groups excluding carboxylic acids is 2. The van der Waals surface area contributed by atoms with E-state index in [-0.39, 0.29) is 18.5 Å². The number of fused-ring (bicyclic) bond motifs is 1. The van der Waals surface area contributed by atoms with E-state index in [4.69, 9.17) is 14.2 Å². The summed E-state index contributed by atoms with van der Waals surface area (Å²) in [5, 5.41) is 2.32. The molecule has 1 atom stereocenters. The Labute approximate surface area is 155 Å². The molecular formula is C19H19NO5S. The molecule has 26 heavy (non-hydrogen) atoms. The van der Waals surface area contributed by atoms with Gasteiger partial charge in [-0.25, -0.2) is 0 Å². The van der Waals surface area contributed by atoms with Crippen LogP contribution in [0.25, 0.3) is 0 Å². The highest BCUT2D eigenvalue weighted by molar-refractivity contribution is 8.01. The summed E-state index contributed by atoms with van der Waals surface area (Å²) in [4.78, 5) is 24.2. The summed E-state index contributed by atoms with van der Waals surface area (Å²) in [6.45, 7) is 3.85. The van der Waals surface area contributed by atoms with Crippen LogP contribution in [0.2, 0.25) is 0 Å². The second-order valence-electron chi connectivity index (χ2n) is 5.80. The molecule has 1 aliphatic rings. The second-order valence-corrected chi connectivity index (χ2v) is 7.13. The molecule has 2 aromatic rings. The highest BCUT2D eigenvalue weighted by Gasteiger charge is 2.20. The van der Waals surface area contributed by atoms with Crippen LogP contribution in [0.5, 0.6) is 17.2 Å². The molecule has 3 rings (SSSR count). The lowest BCUT2D eigenvalue weighted by atomic mass is 10.2. The van der Waals surface area contributed by atoms with Crippen molar-refractivity contribution in [3.05, 3.63) is 48.0 Å². The maximum Gasteiger partial charge on any atom is 0.324 e. The number of carbonyl (C=O) groups is 2. The van der Waals surface area contributed by atoms with Crippen molar-refractivity contribution in [2.45, 2.75) is 19.1 Å². The van der Waals surface area contributed by atoms with Crippen molar-refractivity contribution in [1.82, 2.24) is 0 Å². The summed E-state index contributed by atoms with van der Waals surface area (Å²) in [6, 6.07) is 12.5. The molecule has 0 aliphatic carbocycles. The Morgan fingerprint density at radius 1 is 1.15 bits per heavy atom. The van der Waals surface area contributed by atoms with E-state index in [1.54, 1.807) is 25.1 Å². The molecule has 0 spiro atoms. The number of rotatable bonds is 6. The quantitative estimate of drug-likeness (QED) is 0.618. The zero-order valence-electron chi connectivity index (χ0n) is 14.5. The van der Waals surface area contributed by atoms with E-state index >= 15 is 0 Å². The lowest BCUT2D eigenvalue weighted by molar-refractivity contribution is -0.133. The monoisotopic (exact) mass is 373 g/mol. The van der Waals surface area contributed by atoms with Gasteiger partial charge in [0.1, 0.15) is 11.0 Å². The zero-order chi connectivity index (χ0) is 18.5. The van der Waals surface area contributed by atoms with Gasteiger partial charge in [0.25, 0.3) is 0 Å². The standard InChI is InChI=1S/C19H19NO5S/c1-12-3-5-14(6-4-12)20-18(21)10-26-13(2)19(22)25-15-7-8-16-17(9-15)24-11-23-16/h3-9,13H,10-11H2,1-2H3,(H,20,21)/t13-/m1/s1. The molecule has 1 aliphatic heterocycles. The van der Waals surface area contributed by atoms with Gasteiger partial charge in [0.2, 0.25) is 12.7 Å². The van der Waals surface area contributed by atoms with Crippen LogP contribution < -0.4 is 19.5 Å². The Bertz CT molecular complexity index is 806. The van der Waals surface area contributed by atoms with Gasteiger partial charge in [0, 0.05) is 11.8 Å². The number of hydrogen-bond acceptors (Lipinski definition) is 6. The Hall–Kier alpha value is -2.67. The van der Waals surface area contributed by atoms with Crippen LogP contribution in [0.3, 0.4) is 0 Å². The van der Waals surface area contributed by atoms with Crippen molar-refractivity contribution in [3.63, 3.8) is 0 Å². The fraction of sp³-hybridized carbons (Fsp3) is 0.263. The fourth-order valence-corrected chi connectivity index (χ4v) is 2.90. The van der Waals surface area contributed by atoms with Gasteiger partial charge in [-0.15, -0.1) is 11.8 Å². The van der Waals surface area contributed by atoms with Crippen molar-refractivity contribution in [2.24, 2.45) is 0 Å². The van der Waals surface area contributed by atoms with Crippen molar-refractivity contribution in [2.75, 3.05) is 17.9 Å². The van der Waals surface area contributed by atoms with E-state index in [0.717, 1.165) is 11.3 Å². The molecule has 0 unspecified atom stereocenters. The molecule has 0 radical (unpaired) electrons. The van der Waals surface area contributed by atoms with Gasteiger partial charge in [-0.3, -0.25) is 9.59 Å². The number of nitrogens with one attached hydrogen (secondary N) is 1. The van der Waals surface area contributed by atoms with E-state index in [0.29, 0.717) is 17.2 Å². The van der Waals surface area contributed by atoms with Gasteiger partial charge in [-0.1, -0.05) is 17.7 Å². The number of anilines is 1. The summed E-state index contributed by atoms with van der Waals surface area (Å²) in [5.74, 6) is 1.13. The summed E-state index contributed by atoms with van der Waals surface area (Å²) < 4.78 is 15.8. The maximum absolute atomic E-state index is 12.2. The molecule has 0 bridgehead atoms. The molecule has 1 amide bonds. The largest absolute Gasteiger partial charge is 0.454 e. The number of benzene rings is 2. The first-order chi connectivity index (χ1) is 12.5. The second kappa shape index (κ2) is 8.14. The van der Waals surface area contributed by atoms with Gasteiger partial charge in [-0.2, -0.15) is 0 Å². The number of ether oxygens (including phenoxy) is 3. The van der Waals surface area contributed by atoms with Gasteiger partial charge in [0.05, 0.1) is 5.75 Å². The van der Waals surface area contributed by atoms with Crippen molar-refractivity contribution in [1.29, 1.82) is 0 Å². The van der Waals surface area contributed by atoms with Gasteiger partial charge in [0.15, 0.2) is 11.5 Å². The summed E-state index contributed by atoms with van der Waals surface area (Å²) >= 11 is 1.22. The number of aryl methyl sites for hydroxylation is 1. The molecule has 1 heterocycles. The molecule has 0 saturated heterocycles. The topological polar surface area (TPSA) is 73.9 Å². The summed E-state index contributed by atoms with van der Waals surface area (Å²) in [6.07, 6.45) is 0. The van der Waals surface area contributed by atoms with Crippen LogP contribution in [0, 0.1) is 6.92 Å². The Kier molecular flexibility index (Phi) is 5.68. The van der Waals surface area contributed by atoms with E-state index in [1.165, 1.54) is 11.8 Å². The molecule has 0 aromatic heterocycles. The molecule has 136 valence electrons. The molecule has 0 fully saturated rings. The number of esters is 1. The van der Waals surface area contributed by atoms with E-state index in [1.807, 2.05) is 31.2 Å². The third-order valence-corrected chi connectivity index (χ3v) is 4.82. The number of hydrogen-bond donors (Lipinski definition) is 1. The lowest BCUT2D eigenvalue weighted by Crippen LogP contribution is -2.23. The van der Waals surface area contributed by atoms with E-state index in [2.05, 4.69) is 5.32 Å². The predicted molar refractivity (Wildman–Crippen MR) is 99.9 cm³/mol. The van der Waals surface area contributed by atoms with Gasteiger partial charge in [-0.05, 0) is 38.1 Å². The van der Waals surface area contributed by atoms with Crippen LogP contribution in [0.4, 0.5) is 5.69 Å². The lowest BCUT2D eigenvalue weighted by Gasteiger charge is -2.11. The van der Waals surface area contributed by atoms with Crippen LogP contribution >= 0.6 is 11.8 Å². The first kappa shape index (κ1) is 18.1. The molecule has 2 aromatic carbocycles. The Balaban J connectivity index is 1.46.